The van der Waals surface area contributed by atoms with Gasteiger partial charge in [-0.05, 0) is 35.7 Å². The number of esters is 2. The minimum atomic E-state index is -1.19. The highest BCUT2D eigenvalue weighted by molar-refractivity contribution is 8.00. The number of fused-ring (bicyclic) bond motifs is 1. The Morgan fingerprint density at radius 3 is 2.21 bits per heavy atom. The molecule has 2 aliphatic rings. The normalized spacial score (nSPS) is 19.8. The molecule has 0 radical (unpaired) electrons. The molecule has 214 valence electrons. The highest BCUT2D eigenvalue weighted by Crippen LogP contribution is 2.48. The molecule has 3 aromatic rings. The predicted octanol–water partition coefficient (Wildman–Crippen LogP) is 4.84. The number of benzene rings is 3. The number of hydrogen-bond acceptors (Lipinski definition) is 9. The number of hydrogen-bond donors (Lipinski definition) is 0. The molecule has 0 saturated carbocycles. The van der Waals surface area contributed by atoms with Gasteiger partial charge in [-0.1, -0.05) is 60.7 Å². The van der Waals surface area contributed by atoms with Crippen LogP contribution in [0.2, 0.25) is 0 Å². The van der Waals surface area contributed by atoms with E-state index in [1.807, 2.05) is 60.7 Å². The molecule has 10 nitrogen and oxygen atoms in total. The third kappa shape index (κ3) is 5.68. The van der Waals surface area contributed by atoms with Crippen LogP contribution in [0.15, 0.2) is 101 Å². The largest absolute Gasteiger partial charge is 0.461 e. The van der Waals surface area contributed by atoms with E-state index in [9.17, 15) is 24.5 Å². The second kappa shape index (κ2) is 12.0. The zero-order chi connectivity index (χ0) is 29.9. The first-order valence-corrected chi connectivity index (χ1v) is 14.1. The molecule has 0 unspecified atom stereocenters. The molecule has 11 heteroatoms. The Morgan fingerprint density at radius 1 is 1.07 bits per heavy atom. The Labute approximate surface area is 246 Å². The first-order chi connectivity index (χ1) is 20.2. The molecule has 5 rings (SSSR count). The van der Waals surface area contributed by atoms with Gasteiger partial charge in [-0.3, -0.25) is 29.6 Å². The van der Waals surface area contributed by atoms with E-state index in [2.05, 4.69) is 4.99 Å². The summed E-state index contributed by atoms with van der Waals surface area (Å²) in [7, 11) is 0. The average molecular weight is 586 g/mol. The number of ether oxygens (including phenoxy) is 2. The van der Waals surface area contributed by atoms with Crippen LogP contribution < -0.4 is 0 Å². The maximum atomic E-state index is 13.9. The van der Waals surface area contributed by atoms with Crippen molar-refractivity contribution in [2.24, 2.45) is 4.99 Å². The van der Waals surface area contributed by atoms with Crippen molar-refractivity contribution in [3.05, 3.63) is 123 Å². The van der Waals surface area contributed by atoms with Crippen molar-refractivity contribution in [1.82, 2.24) is 4.90 Å². The lowest BCUT2D eigenvalue weighted by Crippen LogP contribution is -2.71. The Bertz CT molecular complexity index is 1540. The minimum Gasteiger partial charge on any atom is -0.461 e. The van der Waals surface area contributed by atoms with Gasteiger partial charge in [0.15, 0.2) is 11.6 Å². The van der Waals surface area contributed by atoms with Crippen molar-refractivity contribution in [2.45, 2.75) is 30.9 Å². The number of amides is 1. The van der Waals surface area contributed by atoms with Crippen LogP contribution >= 0.6 is 11.8 Å². The van der Waals surface area contributed by atoms with Gasteiger partial charge in [-0.15, -0.1) is 11.8 Å². The Balaban J connectivity index is 1.45. The number of carbonyl (C=O) groups is 3. The fourth-order valence-corrected chi connectivity index (χ4v) is 6.23. The van der Waals surface area contributed by atoms with E-state index < -0.39 is 39.8 Å². The van der Waals surface area contributed by atoms with Gasteiger partial charge in [-0.2, -0.15) is 0 Å². The van der Waals surface area contributed by atoms with E-state index in [1.165, 1.54) is 41.9 Å². The van der Waals surface area contributed by atoms with Crippen LogP contribution in [0.25, 0.3) is 0 Å². The molecular formula is C31H27N3O7S. The minimum absolute atomic E-state index is 0.0462. The molecule has 3 aromatic carbocycles. The summed E-state index contributed by atoms with van der Waals surface area (Å²) in [6.07, 6.45) is 0.759. The lowest BCUT2D eigenvalue weighted by molar-refractivity contribution is -0.384. The highest BCUT2D eigenvalue weighted by atomic mass is 32.2. The van der Waals surface area contributed by atoms with Crippen molar-refractivity contribution in [3.8, 4) is 0 Å². The van der Waals surface area contributed by atoms with Crippen LogP contribution in [-0.4, -0.2) is 57.2 Å². The third-order valence-corrected chi connectivity index (χ3v) is 8.52. The maximum absolute atomic E-state index is 13.9. The molecule has 0 N–H and O–H groups in total. The van der Waals surface area contributed by atoms with Crippen molar-refractivity contribution in [3.63, 3.8) is 0 Å². The predicted molar refractivity (Wildman–Crippen MR) is 157 cm³/mol. The zero-order valence-corrected chi connectivity index (χ0v) is 23.7. The monoisotopic (exact) mass is 585 g/mol. The van der Waals surface area contributed by atoms with Gasteiger partial charge in [-0.25, -0.2) is 4.79 Å². The van der Waals surface area contributed by atoms with Gasteiger partial charge in [0, 0.05) is 36.6 Å². The van der Waals surface area contributed by atoms with E-state index in [1.54, 1.807) is 19.1 Å². The van der Waals surface area contributed by atoms with Crippen LogP contribution in [0.4, 0.5) is 5.69 Å². The number of aliphatic imine (C=N–C) groups is 1. The van der Waals surface area contributed by atoms with Crippen LogP contribution in [0, 0.1) is 10.1 Å². The molecule has 2 atom stereocenters. The smallest absolute Gasteiger partial charge is 0.356 e. The number of thioether (sulfide) groups is 1. The standard InChI is InChI=1S/C31H27N3O7S/c1-20(35)40-18-24-19-42-30-31(2,32-17-21-13-15-25(16-14-21)34(38)39)29(37)33(30)26(24)28(36)41-27(22-9-5-3-6-10-22)23-11-7-4-8-12-23/h3-17,27,30H,18-19H2,1-2H3/t30-,31-/m1/s1. The van der Waals surface area contributed by atoms with Crippen LogP contribution in [0.5, 0.6) is 0 Å². The van der Waals surface area contributed by atoms with E-state index in [-0.39, 0.29) is 18.0 Å². The molecule has 0 spiro atoms. The van der Waals surface area contributed by atoms with Crippen LogP contribution in [-0.2, 0) is 23.9 Å². The molecule has 0 bridgehead atoms. The van der Waals surface area contributed by atoms with Gasteiger partial charge >= 0.3 is 11.9 Å². The van der Waals surface area contributed by atoms with Crippen LogP contribution in [0.1, 0.15) is 36.6 Å². The number of non-ortho nitro benzene ring substituents is 1. The molecule has 2 heterocycles. The molecule has 1 amide bonds. The Kier molecular flexibility index (Phi) is 8.21. The quantitative estimate of drug-likeness (QED) is 0.115. The summed E-state index contributed by atoms with van der Waals surface area (Å²) in [6.45, 7) is 2.80. The van der Waals surface area contributed by atoms with Crippen LogP contribution in [0.3, 0.4) is 0 Å². The zero-order valence-electron chi connectivity index (χ0n) is 22.8. The summed E-state index contributed by atoms with van der Waals surface area (Å²) in [5, 5.41) is 10.4. The van der Waals surface area contributed by atoms with Crippen molar-refractivity contribution < 1.29 is 28.8 Å². The number of β-lactam (4-membered cyclic amide) rings is 1. The summed E-state index contributed by atoms with van der Waals surface area (Å²) < 4.78 is 11.3. The Hall–Kier alpha value is -4.77. The van der Waals surface area contributed by atoms with E-state index in [0.29, 0.717) is 16.9 Å². The number of nitrogens with zero attached hydrogens (tertiary/aromatic N) is 3. The van der Waals surface area contributed by atoms with E-state index in [0.717, 1.165) is 11.1 Å². The molecular weight excluding hydrogens is 558 g/mol. The highest BCUT2D eigenvalue weighted by Gasteiger charge is 2.62. The number of rotatable bonds is 9. The summed E-state index contributed by atoms with van der Waals surface area (Å²) in [5.74, 6) is -1.33. The SMILES string of the molecule is CC(=O)OCC1=C(C(=O)OC(c2ccccc2)c2ccccc2)N2C(=O)[C@@](C)(N=Cc3ccc([N+](=O)[O-])cc3)[C@H]2SC1. The second-order valence-corrected chi connectivity index (χ2v) is 11.0. The lowest BCUT2D eigenvalue weighted by Gasteiger charge is -2.54. The Morgan fingerprint density at radius 2 is 1.67 bits per heavy atom. The average Bonchev–Trinajstić information content (AvgIpc) is 3.01. The molecule has 42 heavy (non-hydrogen) atoms. The molecule has 2 aliphatic heterocycles. The van der Waals surface area contributed by atoms with Gasteiger partial charge in [0.05, 0.1) is 4.92 Å². The number of nitro benzene ring substituents is 1. The summed E-state index contributed by atoms with van der Waals surface area (Å²) in [5.41, 5.74) is 1.37. The summed E-state index contributed by atoms with van der Waals surface area (Å²) in [6, 6.07) is 24.4. The number of nitro groups is 1. The van der Waals surface area contributed by atoms with Gasteiger partial charge < -0.3 is 9.47 Å². The molecule has 0 aromatic heterocycles. The summed E-state index contributed by atoms with van der Waals surface area (Å²) in [4.78, 5) is 55.6. The fourth-order valence-electron chi connectivity index (χ4n) is 4.81. The van der Waals surface area contributed by atoms with E-state index in [4.69, 9.17) is 9.47 Å². The maximum Gasteiger partial charge on any atom is 0.356 e. The fraction of sp³-hybridized carbons (Fsp3) is 0.226. The molecule has 1 saturated heterocycles. The third-order valence-electron chi connectivity index (χ3n) is 7.02. The van der Waals surface area contributed by atoms with Gasteiger partial charge in [0.25, 0.3) is 11.6 Å². The first kappa shape index (κ1) is 28.7. The topological polar surface area (TPSA) is 128 Å². The first-order valence-electron chi connectivity index (χ1n) is 13.1. The molecule has 0 aliphatic carbocycles. The lowest BCUT2D eigenvalue weighted by atomic mass is 9.89. The van der Waals surface area contributed by atoms with Crippen molar-refractivity contribution in [2.75, 3.05) is 12.4 Å². The van der Waals surface area contributed by atoms with Gasteiger partial charge in [0.2, 0.25) is 0 Å². The van der Waals surface area contributed by atoms with E-state index >= 15 is 0 Å². The number of carbonyl (C=O) groups excluding carboxylic acids is 3. The van der Waals surface area contributed by atoms with Crippen molar-refractivity contribution in [1.29, 1.82) is 0 Å². The second-order valence-electron chi connectivity index (χ2n) is 9.93. The summed E-state index contributed by atoms with van der Waals surface area (Å²) >= 11 is 1.40. The van der Waals surface area contributed by atoms with Gasteiger partial charge in [0.1, 0.15) is 17.7 Å². The molecule has 1 fully saturated rings. The van der Waals surface area contributed by atoms with Crippen molar-refractivity contribution >= 4 is 41.5 Å².